The summed E-state index contributed by atoms with van der Waals surface area (Å²) in [6, 6.07) is 8.41. The van der Waals surface area contributed by atoms with Gasteiger partial charge in [0.1, 0.15) is 11.6 Å². The first-order valence-corrected chi connectivity index (χ1v) is 6.29. The summed E-state index contributed by atoms with van der Waals surface area (Å²) in [5, 5.41) is 2.51. The van der Waals surface area contributed by atoms with Crippen LogP contribution in [0.2, 0.25) is 0 Å². The molecule has 5 heteroatoms. The summed E-state index contributed by atoms with van der Waals surface area (Å²) in [6.07, 6.45) is 0. The normalized spacial score (nSPS) is 10.3. The molecule has 0 aliphatic carbocycles. The van der Waals surface area contributed by atoms with Gasteiger partial charge in [0, 0.05) is 11.3 Å². The first kappa shape index (κ1) is 13.7. The Balaban J connectivity index is 2.20. The van der Waals surface area contributed by atoms with Crippen LogP contribution in [0.25, 0.3) is 0 Å². The molecular weight excluding hydrogens is 316 g/mol. The van der Waals surface area contributed by atoms with E-state index in [-0.39, 0.29) is 5.56 Å². The molecule has 0 radical (unpaired) electrons. The molecule has 0 fully saturated rings. The Morgan fingerprint density at radius 3 is 2.47 bits per heavy atom. The van der Waals surface area contributed by atoms with Crippen LogP contribution in [0.5, 0.6) is 0 Å². The van der Waals surface area contributed by atoms with E-state index in [0.29, 0.717) is 15.7 Å². The number of benzene rings is 2. The molecule has 2 aromatic rings. The van der Waals surface area contributed by atoms with Gasteiger partial charge >= 0.3 is 0 Å². The molecule has 0 saturated heterocycles. The number of amides is 1. The topological polar surface area (TPSA) is 29.1 Å². The molecule has 0 spiro atoms. The number of halogens is 3. The molecule has 2 aromatic carbocycles. The molecule has 0 aliphatic heterocycles. The third-order valence-corrected chi connectivity index (χ3v) is 3.25. The van der Waals surface area contributed by atoms with E-state index in [1.54, 1.807) is 13.0 Å². The highest BCUT2D eigenvalue weighted by Crippen LogP contribution is 2.20. The zero-order valence-electron chi connectivity index (χ0n) is 10.0. The number of anilines is 1. The van der Waals surface area contributed by atoms with E-state index in [2.05, 4.69) is 21.2 Å². The molecule has 0 unspecified atom stereocenters. The predicted octanol–water partition coefficient (Wildman–Crippen LogP) is 4.29. The highest BCUT2D eigenvalue weighted by molar-refractivity contribution is 9.10. The minimum atomic E-state index is -0.486. The van der Waals surface area contributed by atoms with Gasteiger partial charge in [0.15, 0.2) is 0 Å². The molecule has 0 aromatic heterocycles. The lowest BCUT2D eigenvalue weighted by molar-refractivity contribution is 0.102. The highest BCUT2D eigenvalue weighted by Gasteiger charge is 2.09. The van der Waals surface area contributed by atoms with Gasteiger partial charge in [0.25, 0.3) is 5.91 Å². The van der Waals surface area contributed by atoms with Crippen molar-refractivity contribution >= 4 is 27.5 Å². The number of hydrogen-bond acceptors (Lipinski definition) is 1. The van der Waals surface area contributed by atoms with Crippen LogP contribution in [0.3, 0.4) is 0 Å². The molecule has 0 bridgehead atoms. The second kappa shape index (κ2) is 5.48. The molecule has 1 N–H and O–H groups in total. The van der Waals surface area contributed by atoms with Gasteiger partial charge in [0.2, 0.25) is 0 Å². The molecule has 0 heterocycles. The molecule has 0 saturated carbocycles. The van der Waals surface area contributed by atoms with E-state index >= 15 is 0 Å². The van der Waals surface area contributed by atoms with E-state index in [1.165, 1.54) is 24.3 Å². The average molecular weight is 326 g/mol. The first-order valence-electron chi connectivity index (χ1n) is 5.50. The van der Waals surface area contributed by atoms with E-state index in [4.69, 9.17) is 0 Å². The van der Waals surface area contributed by atoms with Crippen LogP contribution >= 0.6 is 15.9 Å². The number of rotatable bonds is 2. The lowest BCUT2D eigenvalue weighted by Gasteiger charge is -2.07. The van der Waals surface area contributed by atoms with E-state index in [1.807, 2.05) is 0 Å². The van der Waals surface area contributed by atoms with Crippen molar-refractivity contribution in [2.45, 2.75) is 6.92 Å². The van der Waals surface area contributed by atoms with Crippen LogP contribution in [0, 0.1) is 18.6 Å². The van der Waals surface area contributed by atoms with Crippen LogP contribution < -0.4 is 5.32 Å². The van der Waals surface area contributed by atoms with E-state index in [0.717, 1.165) is 6.07 Å². The van der Waals surface area contributed by atoms with Gasteiger partial charge in [-0.25, -0.2) is 8.78 Å². The maximum absolute atomic E-state index is 13.3. The van der Waals surface area contributed by atoms with Crippen molar-refractivity contribution in [3.05, 3.63) is 63.6 Å². The molecule has 2 nitrogen and oxygen atoms in total. The highest BCUT2D eigenvalue weighted by atomic mass is 79.9. The number of hydrogen-bond donors (Lipinski definition) is 1. The van der Waals surface area contributed by atoms with Gasteiger partial charge in [-0.1, -0.05) is 6.07 Å². The Morgan fingerprint density at radius 2 is 1.84 bits per heavy atom. The Labute approximate surface area is 117 Å². The van der Waals surface area contributed by atoms with Crippen molar-refractivity contribution in [3.63, 3.8) is 0 Å². The number of nitrogens with one attached hydrogen (secondary N) is 1. The smallest absolute Gasteiger partial charge is 0.255 e. The fraction of sp³-hybridized carbons (Fsp3) is 0.0714. The second-order valence-electron chi connectivity index (χ2n) is 4.05. The SMILES string of the molecule is Cc1ccc(C(=O)Nc2ccc(Br)c(F)c2)cc1F. The third-order valence-electron chi connectivity index (χ3n) is 2.61. The Bertz CT molecular complexity index is 643. The Hall–Kier alpha value is -1.75. The largest absolute Gasteiger partial charge is 0.322 e. The Kier molecular flexibility index (Phi) is 3.95. The number of carbonyl (C=O) groups excluding carboxylic acids is 1. The molecule has 0 aliphatic rings. The molecule has 98 valence electrons. The maximum Gasteiger partial charge on any atom is 0.255 e. The van der Waals surface area contributed by atoms with Gasteiger partial charge < -0.3 is 5.32 Å². The lowest BCUT2D eigenvalue weighted by atomic mass is 10.1. The van der Waals surface area contributed by atoms with Crippen molar-refractivity contribution in [3.8, 4) is 0 Å². The fourth-order valence-electron chi connectivity index (χ4n) is 1.51. The Morgan fingerprint density at radius 1 is 1.11 bits per heavy atom. The van der Waals surface area contributed by atoms with Crippen LogP contribution in [-0.2, 0) is 0 Å². The summed E-state index contributed by atoms with van der Waals surface area (Å²) in [4.78, 5) is 11.9. The van der Waals surface area contributed by atoms with Gasteiger partial charge in [-0.3, -0.25) is 4.79 Å². The summed E-state index contributed by atoms with van der Waals surface area (Å²) in [6.45, 7) is 1.61. The number of carbonyl (C=O) groups is 1. The van der Waals surface area contributed by atoms with Crippen LogP contribution in [0.15, 0.2) is 40.9 Å². The zero-order valence-corrected chi connectivity index (χ0v) is 11.6. The average Bonchev–Trinajstić information content (AvgIpc) is 2.37. The van der Waals surface area contributed by atoms with Gasteiger partial charge in [-0.05, 0) is 58.7 Å². The minimum Gasteiger partial charge on any atom is -0.322 e. The van der Waals surface area contributed by atoms with Gasteiger partial charge in [-0.15, -0.1) is 0 Å². The van der Waals surface area contributed by atoms with Crippen LogP contribution in [0.1, 0.15) is 15.9 Å². The second-order valence-corrected chi connectivity index (χ2v) is 4.90. The van der Waals surface area contributed by atoms with Crippen molar-refractivity contribution in [2.75, 3.05) is 5.32 Å². The standard InChI is InChI=1S/C14H10BrF2NO/c1-8-2-3-9(6-12(8)16)14(19)18-10-4-5-11(15)13(17)7-10/h2-7H,1H3,(H,18,19). The summed E-state index contributed by atoms with van der Waals surface area (Å²) >= 11 is 3.02. The minimum absolute atomic E-state index is 0.187. The van der Waals surface area contributed by atoms with Gasteiger partial charge in [-0.2, -0.15) is 0 Å². The van der Waals surface area contributed by atoms with E-state index < -0.39 is 17.5 Å². The molecule has 19 heavy (non-hydrogen) atoms. The third kappa shape index (κ3) is 3.17. The van der Waals surface area contributed by atoms with Crippen molar-refractivity contribution in [1.82, 2.24) is 0 Å². The quantitative estimate of drug-likeness (QED) is 0.876. The molecule has 0 atom stereocenters. The molecular formula is C14H10BrF2NO. The van der Waals surface area contributed by atoms with Crippen molar-refractivity contribution in [1.29, 1.82) is 0 Å². The summed E-state index contributed by atoms with van der Waals surface area (Å²) in [5.41, 5.74) is 0.962. The van der Waals surface area contributed by atoms with Crippen LogP contribution in [0.4, 0.5) is 14.5 Å². The summed E-state index contributed by atoms with van der Waals surface area (Å²) < 4.78 is 27.0. The van der Waals surface area contributed by atoms with E-state index in [9.17, 15) is 13.6 Å². The fourth-order valence-corrected chi connectivity index (χ4v) is 1.76. The van der Waals surface area contributed by atoms with Crippen LogP contribution in [-0.4, -0.2) is 5.91 Å². The predicted molar refractivity (Wildman–Crippen MR) is 73.2 cm³/mol. The molecule has 2 rings (SSSR count). The zero-order chi connectivity index (χ0) is 14.0. The van der Waals surface area contributed by atoms with Gasteiger partial charge in [0.05, 0.1) is 4.47 Å². The van der Waals surface area contributed by atoms with Crippen molar-refractivity contribution in [2.24, 2.45) is 0 Å². The number of aryl methyl sites for hydroxylation is 1. The summed E-state index contributed by atoms with van der Waals surface area (Å²) in [7, 11) is 0. The lowest BCUT2D eigenvalue weighted by Crippen LogP contribution is -2.12. The first-order chi connectivity index (χ1) is 8.97. The van der Waals surface area contributed by atoms with Crippen molar-refractivity contribution < 1.29 is 13.6 Å². The summed E-state index contributed by atoms with van der Waals surface area (Å²) in [5.74, 6) is -1.41. The maximum atomic E-state index is 13.3. The monoisotopic (exact) mass is 325 g/mol. The molecule has 1 amide bonds.